The predicted octanol–water partition coefficient (Wildman–Crippen LogP) is 1.23. The zero-order valence-corrected chi connectivity index (χ0v) is 9.38. The fraction of sp³-hybridized carbons (Fsp3) is 0.273. The lowest BCUT2D eigenvalue weighted by molar-refractivity contribution is -0.107. The van der Waals surface area contributed by atoms with Crippen LogP contribution in [0.2, 0.25) is 0 Å². The summed E-state index contributed by atoms with van der Waals surface area (Å²) in [4.78, 5) is 23.9. The summed E-state index contributed by atoms with van der Waals surface area (Å²) in [6.07, 6.45) is 0.512. The molecule has 0 aliphatic heterocycles. The summed E-state index contributed by atoms with van der Waals surface area (Å²) < 4.78 is 0. The Morgan fingerprint density at radius 2 is 2.00 bits per heavy atom. The number of nitrogens with zero attached hydrogens (tertiary/aromatic N) is 2. The Morgan fingerprint density at radius 1 is 1.38 bits per heavy atom. The van der Waals surface area contributed by atoms with E-state index in [9.17, 15) is 9.59 Å². The summed E-state index contributed by atoms with van der Waals surface area (Å²) in [7, 11) is 1.63. The summed E-state index contributed by atoms with van der Waals surface area (Å²) in [6.45, 7) is 2.30. The first-order valence-electron chi connectivity index (χ1n) is 5.03. The Balaban J connectivity index is 2.91. The predicted molar refractivity (Wildman–Crippen MR) is 61.8 cm³/mol. The monoisotopic (exact) mass is 221 g/mol. The normalized spacial score (nSPS) is 9.62. The number of hydrogen-bond donors (Lipinski definition) is 1. The number of rotatable bonds is 4. The van der Waals surface area contributed by atoms with Crippen molar-refractivity contribution in [2.75, 3.05) is 18.5 Å². The van der Waals surface area contributed by atoms with Gasteiger partial charge in [-0.2, -0.15) is 0 Å². The molecule has 0 radical (unpaired) electrons. The van der Waals surface area contributed by atoms with E-state index >= 15 is 0 Å². The highest BCUT2D eigenvalue weighted by atomic mass is 16.2. The van der Waals surface area contributed by atoms with Gasteiger partial charge in [-0.3, -0.25) is 9.80 Å². The van der Waals surface area contributed by atoms with Crippen LogP contribution < -0.4 is 10.3 Å². The molecule has 5 heteroatoms. The van der Waals surface area contributed by atoms with Crippen molar-refractivity contribution in [2.45, 2.75) is 6.92 Å². The molecule has 0 saturated heterocycles. The number of amides is 3. The molecular weight excluding hydrogens is 206 g/mol. The Morgan fingerprint density at radius 3 is 2.44 bits per heavy atom. The van der Waals surface area contributed by atoms with E-state index in [1.165, 1.54) is 5.01 Å². The number of nitrogens with one attached hydrogen (secondary N) is 1. The van der Waals surface area contributed by atoms with E-state index in [4.69, 9.17) is 0 Å². The number of hydrazine groups is 1. The zero-order chi connectivity index (χ0) is 12.0. The third-order valence-corrected chi connectivity index (χ3v) is 2.16. The maximum absolute atomic E-state index is 11.9. The minimum atomic E-state index is -0.397. The molecule has 0 aliphatic rings. The highest BCUT2D eigenvalue weighted by Crippen LogP contribution is 2.12. The van der Waals surface area contributed by atoms with E-state index in [-0.39, 0.29) is 0 Å². The van der Waals surface area contributed by atoms with Gasteiger partial charge >= 0.3 is 6.03 Å². The smallest absolute Gasteiger partial charge is 0.278 e. The van der Waals surface area contributed by atoms with Crippen molar-refractivity contribution < 1.29 is 9.59 Å². The first-order chi connectivity index (χ1) is 7.74. The van der Waals surface area contributed by atoms with Crippen LogP contribution in [-0.4, -0.2) is 31.0 Å². The van der Waals surface area contributed by atoms with Gasteiger partial charge in [-0.15, -0.1) is 0 Å². The summed E-state index contributed by atoms with van der Waals surface area (Å²) in [5.74, 6) is 0. The van der Waals surface area contributed by atoms with Crippen LogP contribution in [0.4, 0.5) is 10.5 Å². The largest absolute Gasteiger partial charge is 0.345 e. The fourth-order valence-corrected chi connectivity index (χ4v) is 1.32. The number of para-hydroxylation sites is 1. The van der Waals surface area contributed by atoms with Crippen LogP contribution in [-0.2, 0) is 4.79 Å². The second-order valence-corrected chi connectivity index (χ2v) is 3.06. The third kappa shape index (κ3) is 2.58. The molecule has 0 saturated carbocycles. The van der Waals surface area contributed by atoms with E-state index in [0.717, 1.165) is 4.90 Å². The molecule has 16 heavy (non-hydrogen) atoms. The lowest BCUT2D eigenvalue weighted by atomic mass is 10.3. The summed E-state index contributed by atoms with van der Waals surface area (Å²) in [6, 6.07) is 8.38. The standard InChI is InChI=1S/C11H15N3O2/c1-3-14(12-2)11(16)13(9-15)10-7-5-4-6-8-10/h4-9,12H,3H2,1-2H3. The molecule has 0 aliphatic carbocycles. The molecule has 1 aromatic rings. The van der Waals surface area contributed by atoms with E-state index in [1.807, 2.05) is 13.0 Å². The van der Waals surface area contributed by atoms with Crippen molar-refractivity contribution in [2.24, 2.45) is 0 Å². The van der Waals surface area contributed by atoms with Gasteiger partial charge in [0.1, 0.15) is 0 Å². The number of urea groups is 1. The molecule has 1 aromatic carbocycles. The first kappa shape index (κ1) is 12.2. The molecule has 0 atom stereocenters. The van der Waals surface area contributed by atoms with Crippen LogP contribution in [0.3, 0.4) is 0 Å². The zero-order valence-electron chi connectivity index (χ0n) is 9.38. The minimum absolute atomic E-state index is 0.397. The second-order valence-electron chi connectivity index (χ2n) is 3.06. The average molecular weight is 221 g/mol. The van der Waals surface area contributed by atoms with Gasteiger partial charge in [0.2, 0.25) is 6.41 Å². The average Bonchev–Trinajstić information content (AvgIpc) is 2.33. The van der Waals surface area contributed by atoms with Gasteiger partial charge in [-0.1, -0.05) is 18.2 Å². The maximum atomic E-state index is 11.9. The molecular formula is C11H15N3O2. The molecule has 0 bridgehead atoms. The second kappa shape index (κ2) is 5.87. The number of carbonyl (C=O) groups excluding carboxylic acids is 2. The van der Waals surface area contributed by atoms with Gasteiger partial charge in [0, 0.05) is 13.6 Å². The van der Waals surface area contributed by atoms with Gasteiger partial charge in [-0.05, 0) is 19.1 Å². The van der Waals surface area contributed by atoms with Gasteiger partial charge < -0.3 is 0 Å². The van der Waals surface area contributed by atoms with Crippen molar-refractivity contribution in [3.63, 3.8) is 0 Å². The molecule has 1 rings (SSSR count). The summed E-state index contributed by atoms with van der Waals surface area (Å²) in [5.41, 5.74) is 3.27. The van der Waals surface area contributed by atoms with Gasteiger partial charge in [-0.25, -0.2) is 15.1 Å². The molecule has 86 valence electrons. The van der Waals surface area contributed by atoms with Crippen LogP contribution >= 0.6 is 0 Å². The lowest BCUT2D eigenvalue weighted by Gasteiger charge is -2.24. The molecule has 0 unspecified atom stereocenters. The van der Waals surface area contributed by atoms with Crippen molar-refractivity contribution >= 4 is 18.1 Å². The van der Waals surface area contributed by atoms with Crippen LogP contribution in [0.25, 0.3) is 0 Å². The number of benzene rings is 1. The molecule has 5 nitrogen and oxygen atoms in total. The molecule has 0 heterocycles. The Hall–Kier alpha value is -1.88. The highest BCUT2D eigenvalue weighted by molar-refractivity contribution is 6.05. The van der Waals surface area contributed by atoms with E-state index in [2.05, 4.69) is 5.43 Å². The molecule has 1 N–H and O–H groups in total. The topological polar surface area (TPSA) is 52.7 Å². The molecule has 0 spiro atoms. The fourth-order valence-electron chi connectivity index (χ4n) is 1.32. The van der Waals surface area contributed by atoms with Gasteiger partial charge in [0.05, 0.1) is 5.69 Å². The van der Waals surface area contributed by atoms with E-state index in [1.54, 1.807) is 31.3 Å². The Bertz CT molecular complexity index is 350. The number of imide groups is 1. The third-order valence-electron chi connectivity index (χ3n) is 2.16. The summed E-state index contributed by atoms with van der Waals surface area (Å²) in [5, 5.41) is 1.35. The molecule has 0 aromatic heterocycles. The van der Waals surface area contributed by atoms with Crippen molar-refractivity contribution in [3.05, 3.63) is 30.3 Å². The van der Waals surface area contributed by atoms with Crippen molar-refractivity contribution in [1.82, 2.24) is 10.4 Å². The Labute approximate surface area is 94.6 Å². The lowest BCUT2D eigenvalue weighted by Crippen LogP contribution is -2.48. The number of carbonyl (C=O) groups is 2. The van der Waals surface area contributed by atoms with Gasteiger partial charge in [0.25, 0.3) is 0 Å². The first-order valence-corrected chi connectivity index (χ1v) is 5.03. The molecule has 0 fully saturated rings. The highest BCUT2D eigenvalue weighted by Gasteiger charge is 2.19. The van der Waals surface area contributed by atoms with Crippen molar-refractivity contribution in [1.29, 1.82) is 0 Å². The maximum Gasteiger partial charge on any atom is 0.345 e. The summed E-state index contributed by atoms with van der Waals surface area (Å²) >= 11 is 0. The van der Waals surface area contributed by atoms with Crippen LogP contribution in [0.1, 0.15) is 6.92 Å². The van der Waals surface area contributed by atoms with Crippen LogP contribution in [0.5, 0.6) is 0 Å². The van der Waals surface area contributed by atoms with Gasteiger partial charge in [0.15, 0.2) is 0 Å². The number of hydrogen-bond acceptors (Lipinski definition) is 3. The van der Waals surface area contributed by atoms with E-state index in [0.29, 0.717) is 18.6 Å². The van der Waals surface area contributed by atoms with E-state index < -0.39 is 6.03 Å². The van der Waals surface area contributed by atoms with Crippen LogP contribution in [0, 0.1) is 0 Å². The Kier molecular flexibility index (Phi) is 4.47. The van der Waals surface area contributed by atoms with Crippen LogP contribution in [0.15, 0.2) is 30.3 Å². The minimum Gasteiger partial charge on any atom is -0.278 e. The number of anilines is 1. The van der Waals surface area contributed by atoms with Crippen molar-refractivity contribution in [3.8, 4) is 0 Å². The quantitative estimate of drug-likeness (QED) is 0.614. The SMILES string of the molecule is CCN(NC)C(=O)N(C=O)c1ccccc1. The molecule has 3 amide bonds.